The summed E-state index contributed by atoms with van der Waals surface area (Å²) in [6, 6.07) is 8.09. The molecule has 1 rings (SSSR count). The van der Waals surface area contributed by atoms with Crippen molar-refractivity contribution >= 4 is 5.91 Å². The van der Waals surface area contributed by atoms with Crippen LogP contribution in [0, 0.1) is 0 Å². The fourth-order valence-electron chi connectivity index (χ4n) is 2.10. The number of amides is 1. The molecule has 0 aromatic heterocycles. The maximum atomic E-state index is 12.3. The SMILES string of the molecule is CCCCC(C)NC(=O)c1ccccc1CCNC. The van der Waals surface area contributed by atoms with Crippen LogP contribution in [0.2, 0.25) is 0 Å². The molecule has 3 heteroatoms. The molecule has 0 radical (unpaired) electrons. The molecule has 0 aliphatic rings. The van der Waals surface area contributed by atoms with E-state index in [1.165, 1.54) is 6.42 Å². The molecule has 0 aliphatic heterocycles. The number of carbonyl (C=O) groups is 1. The van der Waals surface area contributed by atoms with Crippen molar-refractivity contribution in [2.24, 2.45) is 0 Å². The molecule has 1 aromatic rings. The maximum absolute atomic E-state index is 12.3. The summed E-state index contributed by atoms with van der Waals surface area (Å²) in [5.74, 6) is 0.0512. The molecule has 1 aromatic carbocycles. The summed E-state index contributed by atoms with van der Waals surface area (Å²) in [6.07, 6.45) is 4.24. The maximum Gasteiger partial charge on any atom is 0.251 e. The minimum atomic E-state index is 0.0512. The van der Waals surface area contributed by atoms with Gasteiger partial charge in [0.05, 0.1) is 0 Å². The van der Waals surface area contributed by atoms with Gasteiger partial charge in [-0.1, -0.05) is 38.0 Å². The Morgan fingerprint density at radius 1 is 1.32 bits per heavy atom. The Balaban J connectivity index is 2.65. The summed E-state index contributed by atoms with van der Waals surface area (Å²) in [4.78, 5) is 12.3. The van der Waals surface area contributed by atoms with Gasteiger partial charge in [0.1, 0.15) is 0 Å². The quantitative estimate of drug-likeness (QED) is 0.756. The second-order valence-corrected chi connectivity index (χ2v) is 5.03. The molecule has 0 bridgehead atoms. The number of hydrogen-bond acceptors (Lipinski definition) is 2. The van der Waals surface area contributed by atoms with Crippen LogP contribution in [0.4, 0.5) is 0 Å². The van der Waals surface area contributed by atoms with Crippen LogP contribution in [0.1, 0.15) is 49.0 Å². The number of likely N-dealkylation sites (N-methyl/N-ethyl adjacent to an activating group) is 1. The van der Waals surface area contributed by atoms with Crippen molar-refractivity contribution in [3.05, 3.63) is 35.4 Å². The van der Waals surface area contributed by atoms with Gasteiger partial charge in [0, 0.05) is 11.6 Å². The Kier molecular flexibility index (Phi) is 7.19. The van der Waals surface area contributed by atoms with Gasteiger partial charge >= 0.3 is 0 Å². The van der Waals surface area contributed by atoms with E-state index >= 15 is 0 Å². The van der Waals surface area contributed by atoms with Gasteiger partial charge < -0.3 is 10.6 Å². The van der Waals surface area contributed by atoms with E-state index in [2.05, 4.69) is 24.5 Å². The van der Waals surface area contributed by atoms with Crippen LogP contribution in [0.3, 0.4) is 0 Å². The zero-order valence-corrected chi connectivity index (χ0v) is 12.3. The first-order valence-electron chi connectivity index (χ1n) is 7.22. The van der Waals surface area contributed by atoms with Gasteiger partial charge in [0.2, 0.25) is 0 Å². The highest BCUT2D eigenvalue weighted by Crippen LogP contribution is 2.10. The summed E-state index contributed by atoms with van der Waals surface area (Å²) in [6.45, 7) is 5.13. The van der Waals surface area contributed by atoms with E-state index in [9.17, 15) is 4.79 Å². The first kappa shape index (κ1) is 15.7. The molecule has 1 unspecified atom stereocenters. The molecular weight excluding hydrogens is 236 g/mol. The number of hydrogen-bond donors (Lipinski definition) is 2. The molecule has 0 saturated heterocycles. The van der Waals surface area contributed by atoms with Crippen molar-refractivity contribution in [3.8, 4) is 0 Å². The summed E-state index contributed by atoms with van der Waals surface area (Å²) >= 11 is 0. The standard InChI is InChI=1S/C16H26N2O/c1-4-5-8-13(2)18-16(19)15-10-7-6-9-14(15)11-12-17-3/h6-7,9-10,13,17H,4-5,8,11-12H2,1-3H3,(H,18,19). The lowest BCUT2D eigenvalue weighted by molar-refractivity contribution is 0.0937. The lowest BCUT2D eigenvalue weighted by Gasteiger charge is -2.15. The lowest BCUT2D eigenvalue weighted by Crippen LogP contribution is -2.33. The molecule has 19 heavy (non-hydrogen) atoms. The second-order valence-electron chi connectivity index (χ2n) is 5.03. The predicted molar refractivity (Wildman–Crippen MR) is 80.5 cm³/mol. The molecule has 1 atom stereocenters. The van der Waals surface area contributed by atoms with E-state index in [0.717, 1.165) is 36.9 Å². The van der Waals surface area contributed by atoms with E-state index in [1.807, 2.05) is 31.3 Å². The third-order valence-corrected chi connectivity index (χ3v) is 3.27. The van der Waals surface area contributed by atoms with Crippen LogP contribution < -0.4 is 10.6 Å². The molecular formula is C16H26N2O. The topological polar surface area (TPSA) is 41.1 Å². The molecule has 106 valence electrons. The molecule has 0 saturated carbocycles. The minimum absolute atomic E-state index is 0.0512. The number of nitrogens with one attached hydrogen (secondary N) is 2. The van der Waals surface area contributed by atoms with E-state index in [1.54, 1.807) is 0 Å². The Morgan fingerprint density at radius 2 is 2.05 bits per heavy atom. The first-order valence-corrected chi connectivity index (χ1v) is 7.22. The van der Waals surface area contributed by atoms with Gasteiger partial charge in [-0.2, -0.15) is 0 Å². The van der Waals surface area contributed by atoms with Gasteiger partial charge in [-0.3, -0.25) is 4.79 Å². The van der Waals surface area contributed by atoms with Crippen LogP contribution in [0.25, 0.3) is 0 Å². The van der Waals surface area contributed by atoms with Gasteiger partial charge in [-0.05, 0) is 45.0 Å². The smallest absolute Gasteiger partial charge is 0.251 e. The fraction of sp³-hybridized carbons (Fsp3) is 0.562. The number of carbonyl (C=O) groups excluding carboxylic acids is 1. The van der Waals surface area contributed by atoms with E-state index in [0.29, 0.717) is 0 Å². The monoisotopic (exact) mass is 262 g/mol. The van der Waals surface area contributed by atoms with Gasteiger partial charge in [0.25, 0.3) is 5.91 Å². The number of unbranched alkanes of at least 4 members (excludes halogenated alkanes) is 1. The molecule has 1 amide bonds. The van der Waals surface area contributed by atoms with Gasteiger partial charge in [0.15, 0.2) is 0 Å². The zero-order valence-electron chi connectivity index (χ0n) is 12.3. The van der Waals surface area contributed by atoms with Gasteiger partial charge in [-0.25, -0.2) is 0 Å². The first-order chi connectivity index (χ1) is 9.19. The summed E-state index contributed by atoms with van der Waals surface area (Å²) in [5, 5.41) is 6.21. The average molecular weight is 262 g/mol. The van der Waals surface area contributed by atoms with Crippen molar-refractivity contribution in [3.63, 3.8) is 0 Å². The summed E-state index contributed by atoms with van der Waals surface area (Å²) < 4.78 is 0. The van der Waals surface area contributed by atoms with Gasteiger partial charge in [-0.15, -0.1) is 0 Å². The molecule has 0 heterocycles. The van der Waals surface area contributed by atoms with Crippen molar-refractivity contribution in [2.75, 3.05) is 13.6 Å². The summed E-state index contributed by atoms with van der Waals surface area (Å²) in [5.41, 5.74) is 1.91. The average Bonchev–Trinajstić information content (AvgIpc) is 2.43. The highest BCUT2D eigenvalue weighted by Gasteiger charge is 2.12. The van der Waals surface area contributed by atoms with E-state index in [4.69, 9.17) is 0 Å². The molecule has 0 aliphatic carbocycles. The predicted octanol–water partition coefficient (Wildman–Crippen LogP) is 2.76. The third kappa shape index (κ3) is 5.43. The number of benzene rings is 1. The molecule has 2 N–H and O–H groups in total. The normalized spacial score (nSPS) is 12.2. The van der Waals surface area contributed by atoms with E-state index < -0.39 is 0 Å². The zero-order chi connectivity index (χ0) is 14.1. The largest absolute Gasteiger partial charge is 0.350 e. The lowest BCUT2D eigenvalue weighted by atomic mass is 10.0. The Labute approximate surface area is 116 Å². The van der Waals surface area contributed by atoms with Crippen LogP contribution in [-0.2, 0) is 6.42 Å². The van der Waals surface area contributed by atoms with Crippen molar-refractivity contribution < 1.29 is 4.79 Å². The minimum Gasteiger partial charge on any atom is -0.350 e. The summed E-state index contributed by atoms with van der Waals surface area (Å²) in [7, 11) is 1.93. The number of rotatable bonds is 8. The van der Waals surface area contributed by atoms with Crippen LogP contribution >= 0.6 is 0 Å². The van der Waals surface area contributed by atoms with Crippen LogP contribution in [-0.4, -0.2) is 25.5 Å². The third-order valence-electron chi connectivity index (χ3n) is 3.27. The molecule has 0 spiro atoms. The van der Waals surface area contributed by atoms with E-state index in [-0.39, 0.29) is 11.9 Å². The van der Waals surface area contributed by atoms with Crippen LogP contribution in [0.5, 0.6) is 0 Å². The van der Waals surface area contributed by atoms with Crippen molar-refractivity contribution in [1.29, 1.82) is 0 Å². The Morgan fingerprint density at radius 3 is 2.74 bits per heavy atom. The fourth-order valence-corrected chi connectivity index (χ4v) is 2.10. The highest BCUT2D eigenvalue weighted by molar-refractivity contribution is 5.95. The van der Waals surface area contributed by atoms with Crippen molar-refractivity contribution in [2.45, 2.75) is 45.6 Å². The second kappa shape index (κ2) is 8.70. The van der Waals surface area contributed by atoms with Crippen molar-refractivity contribution in [1.82, 2.24) is 10.6 Å². The molecule has 3 nitrogen and oxygen atoms in total. The Bertz CT molecular complexity index is 390. The molecule has 0 fully saturated rings. The Hall–Kier alpha value is -1.35. The van der Waals surface area contributed by atoms with Crippen LogP contribution in [0.15, 0.2) is 24.3 Å². The highest BCUT2D eigenvalue weighted by atomic mass is 16.1.